The number of pyridine rings is 1. The van der Waals surface area contributed by atoms with E-state index < -0.39 is 5.38 Å². The molecule has 37 heavy (non-hydrogen) atoms. The maximum absolute atomic E-state index is 13.3. The maximum Gasteiger partial charge on any atom is 0.225 e. The van der Waals surface area contributed by atoms with Gasteiger partial charge in [-0.2, -0.15) is 0 Å². The van der Waals surface area contributed by atoms with Crippen molar-refractivity contribution in [2.24, 2.45) is 0 Å². The average Bonchev–Trinajstić information content (AvgIpc) is 3.32. The van der Waals surface area contributed by atoms with Crippen molar-refractivity contribution >= 4 is 28.5 Å². The topological polar surface area (TPSA) is 55.1 Å². The second kappa shape index (κ2) is 10.6. The van der Waals surface area contributed by atoms with Crippen LogP contribution in [-0.2, 0) is 11.2 Å². The Balaban J connectivity index is 1.37. The van der Waals surface area contributed by atoms with Crippen LogP contribution in [0.3, 0.4) is 0 Å². The molecule has 5 aromatic rings. The first kappa shape index (κ1) is 24.8. The summed E-state index contributed by atoms with van der Waals surface area (Å²) >= 11 is 6.74. The van der Waals surface area contributed by atoms with Crippen molar-refractivity contribution in [3.63, 3.8) is 0 Å². The minimum absolute atomic E-state index is 0.0421. The molecule has 4 nitrogen and oxygen atoms in total. The third-order valence-corrected chi connectivity index (χ3v) is 7.18. The molecular weight excluding hydrogens is 480 g/mol. The van der Waals surface area contributed by atoms with Gasteiger partial charge >= 0.3 is 0 Å². The average molecular weight is 509 g/mol. The molecule has 5 heteroatoms. The van der Waals surface area contributed by atoms with E-state index >= 15 is 0 Å². The van der Waals surface area contributed by atoms with Crippen LogP contribution in [-0.4, -0.2) is 10.9 Å². The SMILES string of the molecule is Cc1ccc(C(NC(=O)Cc2ccc3oc(C(Cl)c4ccncc4C)cc3c2)c2ccccc2)c(C)c1. The van der Waals surface area contributed by atoms with E-state index in [1.54, 1.807) is 12.4 Å². The number of benzene rings is 3. The summed E-state index contributed by atoms with van der Waals surface area (Å²) < 4.78 is 6.05. The second-order valence-electron chi connectivity index (χ2n) is 9.56. The van der Waals surface area contributed by atoms with E-state index in [1.165, 1.54) is 5.56 Å². The molecule has 5 rings (SSSR count). The number of aryl methyl sites for hydroxylation is 3. The summed E-state index contributed by atoms with van der Waals surface area (Å²) in [4.78, 5) is 17.4. The van der Waals surface area contributed by atoms with Gasteiger partial charge in [-0.25, -0.2) is 0 Å². The summed E-state index contributed by atoms with van der Waals surface area (Å²) in [6.07, 6.45) is 3.79. The first-order valence-corrected chi connectivity index (χ1v) is 12.8. The zero-order valence-corrected chi connectivity index (χ0v) is 21.9. The van der Waals surface area contributed by atoms with Gasteiger partial charge in [0.1, 0.15) is 16.7 Å². The molecule has 1 N–H and O–H groups in total. The summed E-state index contributed by atoms with van der Waals surface area (Å²) in [5.41, 5.74) is 8.14. The number of furan rings is 1. The van der Waals surface area contributed by atoms with Crippen LogP contribution in [0.1, 0.15) is 56.1 Å². The number of hydrogen-bond acceptors (Lipinski definition) is 3. The van der Waals surface area contributed by atoms with Crippen LogP contribution in [0.5, 0.6) is 0 Å². The molecule has 3 aromatic carbocycles. The van der Waals surface area contributed by atoms with Crippen molar-refractivity contribution in [2.45, 2.75) is 38.6 Å². The van der Waals surface area contributed by atoms with E-state index in [0.717, 1.165) is 44.3 Å². The molecule has 2 atom stereocenters. The lowest BCUT2D eigenvalue weighted by molar-refractivity contribution is -0.120. The largest absolute Gasteiger partial charge is 0.459 e. The van der Waals surface area contributed by atoms with E-state index in [9.17, 15) is 4.79 Å². The minimum atomic E-state index is -0.411. The number of fused-ring (bicyclic) bond motifs is 1. The minimum Gasteiger partial charge on any atom is -0.459 e. The van der Waals surface area contributed by atoms with Crippen molar-refractivity contribution < 1.29 is 9.21 Å². The van der Waals surface area contributed by atoms with Gasteiger partial charge in [0.15, 0.2) is 0 Å². The Bertz CT molecular complexity index is 1560. The van der Waals surface area contributed by atoms with Gasteiger partial charge in [-0.1, -0.05) is 60.2 Å². The lowest BCUT2D eigenvalue weighted by Crippen LogP contribution is -2.31. The molecule has 2 heterocycles. The molecule has 0 fully saturated rings. The first-order chi connectivity index (χ1) is 17.9. The fourth-order valence-corrected chi connectivity index (χ4v) is 5.16. The van der Waals surface area contributed by atoms with Crippen molar-refractivity contribution in [1.82, 2.24) is 10.3 Å². The zero-order chi connectivity index (χ0) is 25.9. The van der Waals surface area contributed by atoms with Gasteiger partial charge in [0.05, 0.1) is 12.5 Å². The Morgan fingerprint density at radius 3 is 2.49 bits per heavy atom. The van der Waals surface area contributed by atoms with Crippen molar-refractivity contribution in [2.75, 3.05) is 0 Å². The summed E-state index contributed by atoms with van der Waals surface area (Å²) in [6.45, 7) is 6.15. The highest BCUT2D eigenvalue weighted by molar-refractivity contribution is 6.22. The van der Waals surface area contributed by atoms with Crippen LogP contribution in [0.2, 0.25) is 0 Å². The molecule has 0 saturated carbocycles. The number of nitrogens with zero attached hydrogens (tertiary/aromatic N) is 1. The number of hydrogen-bond donors (Lipinski definition) is 1. The summed E-state index contributed by atoms with van der Waals surface area (Å²) in [5, 5.41) is 3.78. The molecule has 2 unspecified atom stereocenters. The monoisotopic (exact) mass is 508 g/mol. The van der Waals surface area contributed by atoms with Crippen LogP contribution in [0.15, 0.2) is 95.7 Å². The number of rotatable bonds is 7. The molecule has 0 spiro atoms. The zero-order valence-electron chi connectivity index (χ0n) is 21.2. The number of nitrogens with one attached hydrogen (secondary N) is 1. The molecular formula is C32H29ClN2O2. The van der Waals surface area contributed by atoms with E-state index in [4.69, 9.17) is 16.0 Å². The third kappa shape index (κ3) is 5.45. The molecule has 0 radical (unpaired) electrons. The van der Waals surface area contributed by atoms with E-state index in [0.29, 0.717) is 5.76 Å². The lowest BCUT2D eigenvalue weighted by Gasteiger charge is -2.22. The Morgan fingerprint density at radius 1 is 0.919 bits per heavy atom. The number of halogens is 1. The predicted octanol–water partition coefficient (Wildman–Crippen LogP) is 7.53. The highest BCUT2D eigenvalue weighted by Gasteiger charge is 2.20. The molecule has 186 valence electrons. The molecule has 0 bridgehead atoms. The molecule has 0 aliphatic carbocycles. The standard InChI is InChI=1S/C32H29ClN2O2/c1-20-9-11-27(21(2)15-20)32(24-7-5-4-6-8-24)35-30(36)17-23-10-12-28-25(16-23)18-29(37-28)31(33)26-13-14-34-19-22(26)3/h4-16,18-19,31-32H,17H2,1-3H3,(H,35,36). The van der Waals surface area contributed by atoms with Gasteiger partial charge in [0.2, 0.25) is 5.91 Å². The second-order valence-corrected chi connectivity index (χ2v) is 10.0. The molecule has 1 amide bonds. The Hall–Kier alpha value is -3.89. The fourth-order valence-electron chi connectivity index (χ4n) is 4.80. The van der Waals surface area contributed by atoms with Crippen molar-refractivity contribution in [1.29, 1.82) is 0 Å². The van der Waals surface area contributed by atoms with Crippen LogP contribution in [0.4, 0.5) is 0 Å². The van der Waals surface area contributed by atoms with Gasteiger partial charge in [-0.05, 0) is 78.4 Å². The molecule has 0 aliphatic heterocycles. The number of amides is 1. The lowest BCUT2D eigenvalue weighted by atomic mass is 9.93. The number of carbonyl (C=O) groups is 1. The van der Waals surface area contributed by atoms with Gasteiger partial charge in [-0.3, -0.25) is 9.78 Å². The Morgan fingerprint density at radius 2 is 1.73 bits per heavy atom. The van der Waals surface area contributed by atoms with Crippen molar-refractivity contribution in [3.05, 3.63) is 136 Å². The summed E-state index contributed by atoms with van der Waals surface area (Å²) in [7, 11) is 0. The van der Waals surface area contributed by atoms with Crippen molar-refractivity contribution in [3.8, 4) is 0 Å². The number of carbonyl (C=O) groups excluding carboxylic acids is 1. The van der Waals surface area contributed by atoms with E-state index in [-0.39, 0.29) is 18.4 Å². The number of alkyl halides is 1. The first-order valence-electron chi connectivity index (χ1n) is 12.4. The normalized spacial score (nSPS) is 12.9. The maximum atomic E-state index is 13.3. The van der Waals surface area contributed by atoms with Crippen LogP contribution >= 0.6 is 11.6 Å². The van der Waals surface area contributed by atoms with Crippen LogP contribution in [0, 0.1) is 20.8 Å². The highest BCUT2D eigenvalue weighted by Crippen LogP contribution is 2.34. The molecule has 0 saturated heterocycles. The Kier molecular flexibility index (Phi) is 7.11. The smallest absolute Gasteiger partial charge is 0.225 e. The highest BCUT2D eigenvalue weighted by atomic mass is 35.5. The Labute approximate surface area is 222 Å². The summed E-state index contributed by atoms with van der Waals surface area (Å²) in [6, 6.07) is 25.9. The molecule has 2 aromatic heterocycles. The third-order valence-electron chi connectivity index (χ3n) is 6.73. The predicted molar refractivity (Wildman–Crippen MR) is 149 cm³/mol. The van der Waals surface area contributed by atoms with E-state index in [2.05, 4.69) is 54.5 Å². The van der Waals surface area contributed by atoms with Gasteiger partial charge < -0.3 is 9.73 Å². The quantitative estimate of drug-likeness (QED) is 0.231. The van der Waals surface area contributed by atoms with Gasteiger partial charge in [0.25, 0.3) is 0 Å². The van der Waals surface area contributed by atoms with Gasteiger partial charge in [-0.15, -0.1) is 11.6 Å². The van der Waals surface area contributed by atoms with Crippen LogP contribution < -0.4 is 5.32 Å². The number of aromatic nitrogens is 1. The summed E-state index contributed by atoms with van der Waals surface area (Å²) in [5.74, 6) is 0.631. The van der Waals surface area contributed by atoms with Crippen LogP contribution in [0.25, 0.3) is 11.0 Å². The fraction of sp³-hybridized carbons (Fsp3) is 0.188. The van der Waals surface area contributed by atoms with Gasteiger partial charge in [0, 0.05) is 17.8 Å². The van der Waals surface area contributed by atoms with E-state index in [1.807, 2.05) is 55.5 Å². The molecule has 0 aliphatic rings.